The number of hydrogen-bond acceptors (Lipinski definition) is 4. The Labute approximate surface area is 92.9 Å². The van der Waals surface area contributed by atoms with Gasteiger partial charge in [0.2, 0.25) is 11.8 Å². The Kier molecular flexibility index (Phi) is 3.92. The van der Waals surface area contributed by atoms with Crippen LogP contribution >= 0.6 is 31.9 Å². The minimum atomic E-state index is -0.107. The van der Waals surface area contributed by atoms with Gasteiger partial charge in [0.15, 0.2) is 5.82 Å². The van der Waals surface area contributed by atoms with E-state index in [9.17, 15) is 0 Å². The molecule has 0 atom stereocenters. The van der Waals surface area contributed by atoms with Crippen LogP contribution in [0.1, 0.15) is 9.56 Å². The number of nitrogens with zero attached hydrogens (tertiary/aromatic N) is 2. The van der Waals surface area contributed by atoms with Crippen LogP contribution in [-0.2, 0) is 0 Å². The van der Waals surface area contributed by atoms with Gasteiger partial charge < -0.3 is 9.47 Å². The van der Waals surface area contributed by atoms with E-state index < -0.39 is 0 Å². The number of halogens is 2. The van der Waals surface area contributed by atoms with E-state index in [1.165, 1.54) is 0 Å². The average molecular weight is 312 g/mol. The van der Waals surface area contributed by atoms with Crippen molar-refractivity contribution in [3.05, 3.63) is 11.9 Å². The highest BCUT2D eigenvalue weighted by Gasteiger charge is 2.10. The van der Waals surface area contributed by atoms with Gasteiger partial charge in [-0.1, -0.05) is 31.9 Å². The fourth-order valence-corrected chi connectivity index (χ4v) is 1.14. The van der Waals surface area contributed by atoms with Crippen molar-refractivity contribution in [2.75, 3.05) is 14.2 Å². The fourth-order valence-electron chi connectivity index (χ4n) is 0.728. The Balaban J connectivity index is 3.07. The minimum Gasteiger partial charge on any atom is -0.481 e. The highest BCUT2D eigenvalue weighted by atomic mass is 79.9. The van der Waals surface area contributed by atoms with E-state index in [2.05, 4.69) is 41.8 Å². The first kappa shape index (κ1) is 10.7. The van der Waals surface area contributed by atoms with Crippen LogP contribution in [0.25, 0.3) is 0 Å². The lowest BCUT2D eigenvalue weighted by atomic mass is 10.5. The zero-order valence-electron chi connectivity index (χ0n) is 7.12. The summed E-state index contributed by atoms with van der Waals surface area (Å²) in [6, 6.07) is 1.62. The van der Waals surface area contributed by atoms with E-state index in [1.54, 1.807) is 20.3 Å². The Bertz CT molecular complexity index is 272. The lowest BCUT2D eigenvalue weighted by Crippen LogP contribution is -1.99. The average Bonchev–Trinajstić information content (AvgIpc) is 2.16. The largest absolute Gasteiger partial charge is 0.481 e. The second kappa shape index (κ2) is 4.76. The van der Waals surface area contributed by atoms with Crippen LogP contribution in [0.15, 0.2) is 6.07 Å². The summed E-state index contributed by atoms with van der Waals surface area (Å²) in [7, 11) is 3.09. The predicted octanol–water partition coefficient (Wildman–Crippen LogP) is 2.28. The molecule has 0 aromatic carbocycles. The molecule has 0 saturated carbocycles. The van der Waals surface area contributed by atoms with Gasteiger partial charge in [0.25, 0.3) is 0 Å². The van der Waals surface area contributed by atoms with Crippen molar-refractivity contribution < 1.29 is 9.47 Å². The Morgan fingerprint density at radius 3 is 1.92 bits per heavy atom. The third kappa shape index (κ3) is 2.80. The molecule has 0 fully saturated rings. The normalized spacial score (nSPS) is 10.2. The van der Waals surface area contributed by atoms with Gasteiger partial charge in [-0.3, -0.25) is 0 Å². The van der Waals surface area contributed by atoms with Gasteiger partial charge >= 0.3 is 0 Å². The number of aromatic nitrogens is 2. The molecule has 0 aliphatic rings. The number of alkyl halides is 2. The van der Waals surface area contributed by atoms with Crippen LogP contribution in [0, 0.1) is 0 Å². The van der Waals surface area contributed by atoms with Gasteiger partial charge in [0.05, 0.1) is 20.3 Å². The van der Waals surface area contributed by atoms with Crippen LogP contribution < -0.4 is 9.47 Å². The second-order valence-corrected chi connectivity index (χ2v) is 5.17. The van der Waals surface area contributed by atoms with E-state index in [-0.39, 0.29) is 3.74 Å². The van der Waals surface area contributed by atoms with E-state index >= 15 is 0 Å². The number of methoxy groups -OCH3 is 2. The first-order chi connectivity index (χ1) is 6.17. The summed E-state index contributed by atoms with van der Waals surface area (Å²) in [5.74, 6) is 1.52. The molecule has 1 aromatic heterocycles. The molecule has 1 heterocycles. The summed E-state index contributed by atoms with van der Waals surface area (Å²) in [4.78, 5) is 8.18. The zero-order valence-corrected chi connectivity index (χ0v) is 10.3. The van der Waals surface area contributed by atoms with E-state index in [1.807, 2.05) is 0 Å². The number of rotatable bonds is 3. The van der Waals surface area contributed by atoms with E-state index in [0.717, 1.165) is 0 Å². The summed E-state index contributed by atoms with van der Waals surface area (Å²) in [5, 5.41) is 0. The summed E-state index contributed by atoms with van der Waals surface area (Å²) >= 11 is 6.58. The predicted molar refractivity (Wildman–Crippen MR) is 55.7 cm³/mol. The first-order valence-corrected chi connectivity index (χ1v) is 5.25. The van der Waals surface area contributed by atoms with Gasteiger partial charge in [0.1, 0.15) is 3.74 Å². The molecular weight excluding hydrogens is 304 g/mol. The van der Waals surface area contributed by atoms with Gasteiger partial charge in [-0.25, -0.2) is 0 Å². The van der Waals surface area contributed by atoms with Crippen molar-refractivity contribution in [2.45, 2.75) is 3.74 Å². The van der Waals surface area contributed by atoms with Crippen LogP contribution in [0.2, 0.25) is 0 Å². The van der Waals surface area contributed by atoms with Crippen LogP contribution in [0.5, 0.6) is 11.8 Å². The topological polar surface area (TPSA) is 44.2 Å². The zero-order chi connectivity index (χ0) is 9.84. The van der Waals surface area contributed by atoms with E-state index in [4.69, 9.17) is 9.47 Å². The molecule has 72 valence electrons. The third-order valence-corrected chi connectivity index (χ3v) is 2.13. The fraction of sp³-hybridized carbons (Fsp3) is 0.429. The van der Waals surface area contributed by atoms with Crippen LogP contribution in [0.3, 0.4) is 0 Å². The van der Waals surface area contributed by atoms with Gasteiger partial charge in [-0.15, -0.1) is 0 Å². The van der Waals surface area contributed by atoms with Crippen LogP contribution in [0.4, 0.5) is 0 Å². The van der Waals surface area contributed by atoms with Gasteiger partial charge in [-0.05, 0) is 0 Å². The molecule has 0 bridgehead atoms. The highest BCUT2D eigenvalue weighted by molar-refractivity contribution is 9.24. The first-order valence-electron chi connectivity index (χ1n) is 3.42. The molecule has 4 nitrogen and oxygen atoms in total. The smallest absolute Gasteiger partial charge is 0.220 e. The Hall–Kier alpha value is -0.360. The molecule has 13 heavy (non-hydrogen) atoms. The molecule has 0 unspecified atom stereocenters. The maximum absolute atomic E-state index is 4.97. The molecule has 0 N–H and O–H groups in total. The summed E-state index contributed by atoms with van der Waals surface area (Å²) in [5.41, 5.74) is 0. The molecule has 6 heteroatoms. The van der Waals surface area contributed by atoms with Crippen molar-refractivity contribution in [1.82, 2.24) is 9.97 Å². The summed E-state index contributed by atoms with van der Waals surface area (Å²) in [6.07, 6.45) is 0. The molecule has 0 amide bonds. The van der Waals surface area contributed by atoms with Gasteiger partial charge in [0, 0.05) is 0 Å². The monoisotopic (exact) mass is 310 g/mol. The summed E-state index contributed by atoms with van der Waals surface area (Å²) in [6.45, 7) is 0. The van der Waals surface area contributed by atoms with Crippen molar-refractivity contribution in [2.24, 2.45) is 0 Å². The molecule has 0 saturated heterocycles. The van der Waals surface area contributed by atoms with Crippen molar-refractivity contribution in [3.63, 3.8) is 0 Å². The third-order valence-electron chi connectivity index (χ3n) is 1.31. The Morgan fingerprint density at radius 1 is 1.15 bits per heavy atom. The van der Waals surface area contributed by atoms with Crippen LogP contribution in [-0.4, -0.2) is 24.2 Å². The van der Waals surface area contributed by atoms with Crippen molar-refractivity contribution in [1.29, 1.82) is 0 Å². The SMILES string of the molecule is COc1cc(OC)nc(C(Br)Br)n1. The number of hydrogen-bond donors (Lipinski definition) is 0. The maximum Gasteiger partial charge on any atom is 0.220 e. The quantitative estimate of drug-likeness (QED) is 0.803. The lowest BCUT2D eigenvalue weighted by molar-refractivity contribution is 0.369. The Morgan fingerprint density at radius 2 is 1.62 bits per heavy atom. The molecule has 1 aromatic rings. The summed E-state index contributed by atoms with van der Waals surface area (Å²) < 4.78 is 9.84. The molecule has 0 aliphatic carbocycles. The van der Waals surface area contributed by atoms with Gasteiger partial charge in [-0.2, -0.15) is 9.97 Å². The van der Waals surface area contributed by atoms with Crippen molar-refractivity contribution in [3.8, 4) is 11.8 Å². The maximum atomic E-state index is 4.97. The second-order valence-electron chi connectivity index (χ2n) is 2.11. The molecule has 1 rings (SSSR count). The minimum absolute atomic E-state index is 0.107. The van der Waals surface area contributed by atoms with Crippen molar-refractivity contribution >= 4 is 31.9 Å². The highest BCUT2D eigenvalue weighted by Crippen LogP contribution is 2.28. The lowest BCUT2D eigenvalue weighted by Gasteiger charge is -2.06. The molecular formula is C7H8Br2N2O2. The number of ether oxygens (including phenoxy) is 2. The molecule has 0 radical (unpaired) electrons. The standard InChI is InChI=1S/C7H8Br2N2O2/c1-12-4-3-5(13-2)11-7(10-4)6(8)9/h3,6H,1-2H3. The molecule has 0 aliphatic heterocycles. The molecule has 0 spiro atoms. The van der Waals surface area contributed by atoms with E-state index in [0.29, 0.717) is 17.6 Å².